The van der Waals surface area contributed by atoms with Gasteiger partial charge in [-0.15, -0.1) is 0 Å². The molecule has 292 valence electrons. The summed E-state index contributed by atoms with van der Waals surface area (Å²) >= 11 is 0. The van der Waals surface area contributed by atoms with E-state index in [0.29, 0.717) is 25.0 Å². The fourth-order valence-electron chi connectivity index (χ4n) is 3.29. The largest absolute Gasteiger partial charge is 0.478 e. The van der Waals surface area contributed by atoms with Crippen molar-refractivity contribution in [2.45, 2.75) is 136 Å². The molecule has 50 heavy (non-hydrogen) atoms. The summed E-state index contributed by atoms with van der Waals surface area (Å²) in [5.41, 5.74) is 0.609. The smallest absolute Gasteiger partial charge is 0.332 e. The fourth-order valence-corrected chi connectivity index (χ4v) is 3.95. The van der Waals surface area contributed by atoms with Crippen LogP contribution in [0.3, 0.4) is 0 Å². The number of methoxy groups -OCH3 is 1. The van der Waals surface area contributed by atoms with Crippen LogP contribution in [0.1, 0.15) is 131 Å². The highest BCUT2D eigenvalue weighted by Gasteiger charge is 2.35. The van der Waals surface area contributed by atoms with Crippen LogP contribution in [0.2, 0.25) is 0 Å². The van der Waals surface area contributed by atoms with Crippen molar-refractivity contribution in [2.75, 3.05) is 26.9 Å². The Morgan fingerprint density at radius 3 is 1.42 bits per heavy atom. The maximum atomic E-state index is 12.0. The molecule has 1 atom stereocenters. The summed E-state index contributed by atoms with van der Waals surface area (Å²) in [6.07, 6.45) is 14.5. The van der Waals surface area contributed by atoms with Crippen LogP contribution in [0.4, 0.5) is 0 Å². The third-order valence-corrected chi connectivity index (χ3v) is 7.36. The molecular weight excluding hydrogens is 672 g/mol. The third-order valence-electron chi connectivity index (χ3n) is 6.29. The summed E-state index contributed by atoms with van der Waals surface area (Å²) < 4.78 is 51.0. The van der Waals surface area contributed by atoms with E-state index in [1.165, 1.54) is 26.5 Å². The van der Waals surface area contributed by atoms with Gasteiger partial charge in [0.05, 0.1) is 33.4 Å². The maximum absolute atomic E-state index is 12.0. The summed E-state index contributed by atoms with van der Waals surface area (Å²) in [6, 6.07) is 0. The molecule has 0 aromatic heterocycles. The minimum Gasteiger partial charge on any atom is -0.478 e. The molecule has 0 heterocycles. The Balaban J connectivity index is -0.000000385. The van der Waals surface area contributed by atoms with E-state index in [1.807, 2.05) is 6.92 Å². The predicted octanol–water partition coefficient (Wildman–Crippen LogP) is 7.34. The normalized spacial score (nSPS) is 10.5. The summed E-state index contributed by atoms with van der Waals surface area (Å²) in [5, 5.41) is 5.96. The first-order valence-corrected chi connectivity index (χ1v) is 18.7. The van der Waals surface area contributed by atoms with Crippen LogP contribution in [0.15, 0.2) is 37.0 Å². The van der Waals surface area contributed by atoms with E-state index in [1.54, 1.807) is 6.92 Å². The first-order chi connectivity index (χ1) is 23.5. The zero-order valence-corrected chi connectivity index (χ0v) is 32.1. The molecule has 0 aliphatic carbocycles. The lowest BCUT2D eigenvalue weighted by atomic mass is 10.1. The monoisotopic (exact) mass is 736 g/mol. The molecule has 0 radical (unpaired) electrons. The van der Waals surface area contributed by atoms with Gasteiger partial charge < -0.3 is 24.1 Å². The molecule has 0 bridgehead atoms. The Kier molecular flexibility index (Phi) is 39.2. The van der Waals surface area contributed by atoms with Crippen molar-refractivity contribution in [3.63, 3.8) is 0 Å². The molecule has 0 aromatic carbocycles. The first-order valence-electron chi connectivity index (χ1n) is 17.2. The molecule has 14 heteroatoms. The Morgan fingerprint density at radius 1 is 0.680 bits per heavy atom. The average molecular weight is 737 g/mol. The molecular formula is C36H64O13S. The van der Waals surface area contributed by atoms with Crippen LogP contribution in [-0.2, 0) is 53.0 Å². The van der Waals surface area contributed by atoms with Gasteiger partial charge in [-0.3, -0.25) is 14.1 Å². The zero-order valence-electron chi connectivity index (χ0n) is 31.3. The number of hydrogen-bond donors (Lipinski definition) is 2. The van der Waals surface area contributed by atoms with Gasteiger partial charge in [-0.25, -0.2) is 14.4 Å². The van der Waals surface area contributed by atoms with Crippen molar-refractivity contribution in [3.05, 3.63) is 37.0 Å². The number of esters is 4. The second-order valence-electron chi connectivity index (χ2n) is 11.2. The van der Waals surface area contributed by atoms with Crippen molar-refractivity contribution < 1.29 is 61.0 Å². The van der Waals surface area contributed by atoms with E-state index in [-0.39, 0.29) is 30.7 Å². The molecule has 0 amide bonds. The van der Waals surface area contributed by atoms with Gasteiger partial charge in [0, 0.05) is 17.2 Å². The van der Waals surface area contributed by atoms with E-state index in [9.17, 15) is 36.9 Å². The lowest BCUT2D eigenvalue weighted by Crippen LogP contribution is -2.34. The third kappa shape index (κ3) is 40.7. The molecule has 0 spiro atoms. The minimum absolute atomic E-state index is 0.0732. The van der Waals surface area contributed by atoms with Crippen LogP contribution in [-0.4, -0.2) is 80.1 Å². The van der Waals surface area contributed by atoms with Crippen molar-refractivity contribution in [2.24, 2.45) is 0 Å². The Bertz CT molecular complexity index is 1070. The average Bonchev–Trinajstić information content (AvgIpc) is 3.06. The predicted molar refractivity (Wildman–Crippen MR) is 194 cm³/mol. The lowest BCUT2D eigenvalue weighted by molar-refractivity contribution is -0.150. The Labute approximate surface area is 300 Å². The SMILES string of the molecule is C=C(C)C(=O)O.C=C(C)C(=O)OC.C=CC(=O)OCCCC.CCCCCCCCOC(=O)CC(C(=O)OCCCCCCCC)S(=O)(=O)O. The van der Waals surface area contributed by atoms with Gasteiger partial charge in [-0.2, -0.15) is 8.42 Å². The molecule has 2 N–H and O–H groups in total. The van der Waals surface area contributed by atoms with E-state index in [4.69, 9.17) is 14.6 Å². The standard InChI is InChI=1S/C20H38O7S.C7H12O2.C5H8O2.C4H6O2/c1-3-5-7-9-11-13-15-26-19(21)17-18(28(23,24)25)20(22)27-16-14-12-10-8-6-4-2;1-3-5-6-9-7(8)4-2;1-4(2)5(6)7-3;1-3(2)4(5)6/h18H,3-17H2,1-2H3,(H,23,24,25);4H,2-3,5-6H2,1H3;1H2,2-3H3;1H2,2H3,(H,5,6). The molecule has 0 aliphatic heterocycles. The second-order valence-corrected chi connectivity index (χ2v) is 12.8. The van der Waals surface area contributed by atoms with Crippen LogP contribution in [0, 0.1) is 0 Å². The zero-order chi connectivity index (χ0) is 39.4. The number of carbonyl (C=O) groups excluding carboxylic acids is 4. The minimum atomic E-state index is -4.73. The van der Waals surface area contributed by atoms with E-state index in [0.717, 1.165) is 70.6 Å². The summed E-state index contributed by atoms with van der Waals surface area (Å²) in [5.74, 6) is -3.54. The molecule has 0 aromatic rings. The van der Waals surface area contributed by atoms with Gasteiger partial charge in [0.25, 0.3) is 10.1 Å². The molecule has 1 unspecified atom stereocenters. The quantitative estimate of drug-likeness (QED) is 0.0329. The Hall–Kier alpha value is -3.52. The highest BCUT2D eigenvalue weighted by molar-refractivity contribution is 7.87. The van der Waals surface area contributed by atoms with E-state index in [2.05, 4.69) is 43.1 Å². The highest BCUT2D eigenvalue weighted by atomic mass is 32.2. The molecule has 0 fully saturated rings. The second kappa shape index (κ2) is 36.8. The van der Waals surface area contributed by atoms with Gasteiger partial charge in [0.1, 0.15) is 0 Å². The lowest BCUT2D eigenvalue weighted by Gasteiger charge is -2.13. The van der Waals surface area contributed by atoms with Gasteiger partial charge >= 0.3 is 29.8 Å². The van der Waals surface area contributed by atoms with E-state index < -0.39 is 39.7 Å². The number of rotatable bonds is 24. The summed E-state index contributed by atoms with van der Waals surface area (Å²) in [6.45, 7) is 19.9. The molecule has 13 nitrogen and oxygen atoms in total. The Morgan fingerprint density at radius 2 is 1.08 bits per heavy atom. The number of unbranched alkanes of at least 4 members (excludes halogenated alkanes) is 11. The van der Waals surface area contributed by atoms with Crippen LogP contribution in [0.25, 0.3) is 0 Å². The summed E-state index contributed by atoms with van der Waals surface area (Å²) in [4.78, 5) is 53.9. The van der Waals surface area contributed by atoms with Crippen LogP contribution in [0.5, 0.6) is 0 Å². The summed E-state index contributed by atoms with van der Waals surface area (Å²) in [7, 11) is -3.40. The number of carboxylic acids is 1. The molecule has 0 aliphatic rings. The van der Waals surface area contributed by atoms with Crippen molar-refractivity contribution in [1.29, 1.82) is 0 Å². The first kappa shape index (κ1) is 53.3. The number of carboxylic acid groups (broad SMARTS) is 1. The van der Waals surface area contributed by atoms with Crippen LogP contribution >= 0.6 is 0 Å². The van der Waals surface area contributed by atoms with Crippen molar-refractivity contribution in [1.82, 2.24) is 0 Å². The van der Waals surface area contributed by atoms with Gasteiger partial charge in [-0.05, 0) is 33.1 Å². The van der Waals surface area contributed by atoms with E-state index >= 15 is 0 Å². The number of ether oxygens (including phenoxy) is 4. The topological polar surface area (TPSA) is 197 Å². The highest BCUT2D eigenvalue weighted by Crippen LogP contribution is 2.11. The van der Waals surface area contributed by atoms with Crippen molar-refractivity contribution in [3.8, 4) is 0 Å². The fraction of sp³-hybridized carbons (Fsp3) is 0.694. The number of hydrogen-bond acceptors (Lipinski definition) is 11. The van der Waals surface area contributed by atoms with Gasteiger partial charge in [-0.1, -0.05) is 111 Å². The molecule has 0 saturated carbocycles. The van der Waals surface area contributed by atoms with Crippen molar-refractivity contribution >= 4 is 40.0 Å². The van der Waals surface area contributed by atoms with Gasteiger partial charge in [0.2, 0.25) is 0 Å². The maximum Gasteiger partial charge on any atom is 0.332 e. The molecule has 0 saturated heterocycles. The van der Waals surface area contributed by atoms with Gasteiger partial charge in [0.15, 0.2) is 5.25 Å². The number of aliphatic carboxylic acids is 1. The number of carbonyl (C=O) groups is 5. The molecule has 0 rings (SSSR count). The van der Waals surface area contributed by atoms with Crippen LogP contribution < -0.4 is 0 Å².